The molecule has 0 spiro atoms. The zero-order valence-corrected chi connectivity index (χ0v) is 7.53. The molecule has 0 fully saturated rings. The summed E-state index contributed by atoms with van der Waals surface area (Å²) in [4.78, 5) is 34.7. The van der Waals surface area contributed by atoms with Gasteiger partial charge in [-0.3, -0.25) is 9.59 Å². The van der Waals surface area contributed by atoms with Crippen molar-refractivity contribution in [2.75, 3.05) is 0 Å². The van der Waals surface area contributed by atoms with Crippen LogP contribution in [0.5, 0.6) is 0 Å². The highest BCUT2D eigenvalue weighted by Gasteiger charge is 1.65. The standard InChI is InChI=1S/2C2H4O2.2CHNO/c2*1-2(3)4;2*2-1-3/h2*1H3,(H,3,4);2*2H. The summed E-state index contributed by atoms with van der Waals surface area (Å²) in [7, 11) is 0. The number of aliphatic carboxylic acids is 2. The van der Waals surface area contributed by atoms with E-state index in [0.717, 1.165) is 26.0 Å². The third-order valence-electron chi connectivity index (χ3n) is 0. The maximum absolute atomic E-state index is 9.00. The average molecular weight is 206 g/mol. The molecule has 0 bridgehead atoms. The van der Waals surface area contributed by atoms with Gasteiger partial charge in [-0.25, -0.2) is 20.4 Å². The fourth-order valence-corrected chi connectivity index (χ4v) is 0. The van der Waals surface area contributed by atoms with Gasteiger partial charge in [-0.05, 0) is 0 Å². The normalized spacial score (nSPS) is 4.71. The summed E-state index contributed by atoms with van der Waals surface area (Å²) in [6, 6.07) is 0. The van der Waals surface area contributed by atoms with E-state index < -0.39 is 11.9 Å². The van der Waals surface area contributed by atoms with Gasteiger partial charge in [-0.2, -0.15) is 0 Å². The Morgan fingerprint density at radius 2 is 0.929 bits per heavy atom. The van der Waals surface area contributed by atoms with E-state index in [9.17, 15) is 0 Å². The lowest BCUT2D eigenvalue weighted by Crippen LogP contribution is -1.78. The Balaban J connectivity index is -0.0000000482. The van der Waals surface area contributed by atoms with Crippen LogP contribution >= 0.6 is 0 Å². The molecule has 0 rings (SSSR count). The lowest BCUT2D eigenvalue weighted by Gasteiger charge is -1.59. The van der Waals surface area contributed by atoms with Gasteiger partial charge < -0.3 is 10.2 Å². The van der Waals surface area contributed by atoms with Gasteiger partial charge in [0.15, 0.2) is 0 Å². The zero-order valence-electron chi connectivity index (χ0n) is 7.53. The highest BCUT2D eigenvalue weighted by atomic mass is 16.4. The molecule has 0 aromatic carbocycles. The van der Waals surface area contributed by atoms with E-state index in [1.807, 2.05) is 0 Å². The largest absolute Gasteiger partial charge is 0.481 e. The number of carbonyl (C=O) groups is 2. The minimum Gasteiger partial charge on any atom is -0.481 e. The second-order valence-corrected chi connectivity index (χ2v) is 1.24. The molecule has 8 nitrogen and oxygen atoms in total. The van der Waals surface area contributed by atoms with Crippen molar-refractivity contribution in [1.29, 1.82) is 10.8 Å². The van der Waals surface area contributed by atoms with E-state index in [2.05, 4.69) is 0 Å². The predicted octanol–water partition coefficient (Wildman–Crippen LogP) is -0.0163. The Hall–Kier alpha value is -2.30. The maximum atomic E-state index is 9.00. The molecule has 0 saturated carbocycles. The van der Waals surface area contributed by atoms with Crippen molar-refractivity contribution in [3.05, 3.63) is 0 Å². The summed E-state index contributed by atoms with van der Waals surface area (Å²) < 4.78 is 0. The Bertz CT molecular complexity index is 180. The molecule has 0 aromatic rings. The van der Waals surface area contributed by atoms with E-state index >= 15 is 0 Å². The molecule has 0 saturated heterocycles. The van der Waals surface area contributed by atoms with Crippen LogP contribution in [0.15, 0.2) is 0 Å². The molecule has 0 radical (unpaired) electrons. The van der Waals surface area contributed by atoms with Crippen molar-refractivity contribution in [3.8, 4) is 0 Å². The smallest absolute Gasteiger partial charge is 0.300 e. The van der Waals surface area contributed by atoms with Gasteiger partial charge in [0.05, 0.1) is 0 Å². The minimum absolute atomic E-state index is 0.750. The predicted molar refractivity (Wildman–Crippen MR) is 43.4 cm³/mol. The Morgan fingerprint density at radius 3 is 0.929 bits per heavy atom. The molecule has 4 N–H and O–H groups in total. The zero-order chi connectivity index (χ0) is 12.6. The molecule has 14 heavy (non-hydrogen) atoms. The third-order valence-corrected chi connectivity index (χ3v) is 0. The number of hydrogen-bond donors (Lipinski definition) is 4. The molecule has 0 amide bonds. The van der Waals surface area contributed by atoms with E-state index in [4.69, 9.17) is 40.2 Å². The van der Waals surface area contributed by atoms with Gasteiger partial charge >= 0.3 is 0 Å². The Labute approximate surface area is 79.2 Å². The lowest BCUT2D eigenvalue weighted by molar-refractivity contribution is -0.135. The van der Waals surface area contributed by atoms with Crippen molar-refractivity contribution in [2.24, 2.45) is 0 Å². The van der Waals surface area contributed by atoms with Gasteiger partial charge in [0.1, 0.15) is 0 Å². The number of nitrogens with one attached hydrogen (secondary N) is 2. The first-order chi connectivity index (χ1) is 6.29. The van der Waals surface area contributed by atoms with Crippen molar-refractivity contribution < 1.29 is 29.4 Å². The SMILES string of the molecule is CC(=O)O.CC(=O)O.N=C=O.N=C=O. The van der Waals surface area contributed by atoms with Crippen LogP contribution in [-0.4, -0.2) is 34.3 Å². The molecule has 8 heteroatoms. The molecule has 0 aliphatic carbocycles. The number of carboxylic acids is 2. The van der Waals surface area contributed by atoms with Gasteiger partial charge in [-0.1, -0.05) is 0 Å². The van der Waals surface area contributed by atoms with Crippen LogP contribution in [0.4, 0.5) is 0 Å². The highest BCUT2D eigenvalue weighted by molar-refractivity contribution is 5.63. The topological polar surface area (TPSA) is 156 Å². The summed E-state index contributed by atoms with van der Waals surface area (Å²) in [5.74, 6) is -1.67. The summed E-state index contributed by atoms with van der Waals surface area (Å²) >= 11 is 0. The Kier molecular flexibility index (Phi) is 50.0. The van der Waals surface area contributed by atoms with Crippen molar-refractivity contribution in [3.63, 3.8) is 0 Å². The highest BCUT2D eigenvalue weighted by Crippen LogP contribution is 1.42. The fourth-order valence-electron chi connectivity index (χ4n) is 0. The first kappa shape index (κ1) is 22.6. The van der Waals surface area contributed by atoms with E-state index in [-0.39, 0.29) is 0 Å². The van der Waals surface area contributed by atoms with Crippen molar-refractivity contribution >= 4 is 24.1 Å². The second kappa shape index (κ2) is 31.0. The monoisotopic (exact) mass is 206 g/mol. The quantitative estimate of drug-likeness (QED) is 0.322. The van der Waals surface area contributed by atoms with Gasteiger partial charge in [-0.15, -0.1) is 0 Å². The van der Waals surface area contributed by atoms with Crippen LogP contribution < -0.4 is 0 Å². The molecule has 0 aromatic heterocycles. The van der Waals surface area contributed by atoms with E-state index in [0.29, 0.717) is 0 Å². The van der Waals surface area contributed by atoms with E-state index in [1.165, 1.54) is 0 Å². The molecule has 0 aliphatic heterocycles. The second-order valence-electron chi connectivity index (χ2n) is 1.24. The fraction of sp³-hybridized carbons (Fsp3) is 0.333. The molecular weight excluding hydrogens is 196 g/mol. The first-order valence-corrected chi connectivity index (χ1v) is 2.76. The lowest BCUT2D eigenvalue weighted by atomic mass is 10.9. The summed E-state index contributed by atoms with van der Waals surface area (Å²) in [6.45, 7) is 2.17. The Morgan fingerprint density at radius 1 is 0.929 bits per heavy atom. The molecule has 80 valence electrons. The number of rotatable bonds is 0. The summed E-state index contributed by atoms with van der Waals surface area (Å²) in [5, 5.41) is 25.6. The van der Waals surface area contributed by atoms with Crippen LogP contribution in [0.3, 0.4) is 0 Å². The van der Waals surface area contributed by atoms with Crippen LogP contribution in [0, 0.1) is 10.8 Å². The summed E-state index contributed by atoms with van der Waals surface area (Å²) in [5.41, 5.74) is 0. The molecule has 0 aliphatic rings. The average Bonchev–Trinajstić information content (AvgIpc) is 1.85. The third kappa shape index (κ3) is 139. The summed E-state index contributed by atoms with van der Waals surface area (Å²) in [6.07, 6.45) is 1.50. The van der Waals surface area contributed by atoms with Crippen LogP contribution in [0.25, 0.3) is 0 Å². The molecular formula is C6H10N2O6. The van der Waals surface area contributed by atoms with E-state index in [1.54, 1.807) is 0 Å². The first-order valence-electron chi connectivity index (χ1n) is 2.76. The number of isocyanates is 2. The number of carboxylic acid groups (broad SMARTS) is 2. The molecule has 0 heterocycles. The van der Waals surface area contributed by atoms with Crippen LogP contribution in [0.1, 0.15) is 13.8 Å². The van der Waals surface area contributed by atoms with Crippen molar-refractivity contribution in [2.45, 2.75) is 13.8 Å². The molecule has 0 atom stereocenters. The maximum Gasteiger partial charge on any atom is 0.300 e. The van der Waals surface area contributed by atoms with Gasteiger partial charge in [0.2, 0.25) is 12.2 Å². The van der Waals surface area contributed by atoms with Crippen LogP contribution in [0.2, 0.25) is 0 Å². The van der Waals surface area contributed by atoms with Gasteiger partial charge in [0, 0.05) is 13.8 Å². The van der Waals surface area contributed by atoms with Crippen LogP contribution in [-0.2, 0) is 19.2 Å². The number of hydrogen-bond acceptors (Lipinski definition) is 6. The minimum atomic E-state index is -0.833. The number of carbonyl (C=O) groups excluding carboxylic acids is 2. The van der Waals surface area contributed by atoms with Gasteiger partial charge in [0.25, 0.3) is 11.9 Å². The molecule has 0 unspecified atom stereocenters. The van der Waals surface area contributed by atoms with Crippen molar-refractivity contribution in [1.82, 2.24) is 0 Å².